The predicted octanol–water partition coefficient (Wildman–Crippen LogP) is 7.18. The normalized spacial score (nSPS) is 11.0. The summed E-state index contributed by atoms with van der Waals surface area (Å²) in [7, 11) is 0. The van der Waals surface area contributed by atoms with Crippen LogP contribution in [0.1, 0.15) is 30.5 Å². The van der Waals surface area contributed by atoms with Crippen molar-refractivity contribution in [3.05, 3.63) is 101 Å². The summed E-state index contributed by atoms with van der Waals surface area (Å²) in [5.41, 5.74) is 7.65. The Labute approximate surface area is 206 Å². The fourth-order valence-electron chi connectivity index (χ4n) is 3.51. The van der Waals surface area contributed by atoms with E-state index in [1.807, 2.05) is 80.6 Å². The number of anilines is 1. The molecule has 0 heterocycles. The Balaban J connectivity index is 1.87. The van der Waals surface area contributed by atoms with E-state index < -0.39 is 0 Å². The smallest absolute Gasteiger partial charge is 0.202 e. The minimum atomic E-state index is 0.120. The second kappa shape index (κ2) is 11.5. The molecule has 3 rings (SSSR count). The summed E-state index contributed by atoms with van der Waals surface area (Å²) in [6.45, 7) is 12.9. The molecule has 0 spiro atoms. The van der Waals surface area contributed by atoms with Crippen LogP contribution < -0.4 is 19.9 Å². The number of benzene rings is 3. The SMILES string of the molecule is C=C(/C(C)=C/c1ccc(OCC)c(C)c1C)N(C(=S)NO)c1ccc(Oc2ccccc2)cc1. The second-order valence-electron chi connectivity index (χ2n) is 7.77. The molecule has 3 aromatic carbocycles. The van der Waals surface area contributed by atoms with E-state index in [1.165, 1.54) is 0 Å². The Morgan fingerprint density at radius 3 is 2.26 bits per heavy atom. The molecular formula is C28H30N2O3S. The van der Waals surface area contributed by atoms with E-state index in [0.29, 0.717) is 18.1 Å². The highest BCUT2D eigenvalue weighted by molar-refractivity contribution is 7.80. The fraction of sp³-hybridized carbons (Fsp3) is 0.179. The van der Waals surface area contributed by atoms with E-state index in [0.717, 1.165) is 39.4 Å². The zero-order valence-electron chi connectivity index (χ0n) is 20.0. The molecule has 0 unspecified atom stereocenters. The maximum Gasteiger partial charge on any atom is 0.202 e. The summed E-state index contributed by atoms with van der Waals surface area (Å²) < 4.78 is 11.6. The third-order valence-electron chi connectivity index (χ3n) is 5.55. The van der Waals surface area contributed by atoms with Crippen molar-refractivity contribution in [3.63, 3.8) is 0 Å². The number of rotatable bonds is 8. The minimum Gasteiger partial charge on any atom is -0.494 e. The third-order valence-corrected chi connectivity index (χ3v) is 5.82. The first kappa shape index (κ1) is 25.0. The molecule has 0 atom stereocenters. The van der Waals surface area contributed by atoms with Crippen LogP contribution in [0.4, 0.5) is 5.69 Å². The van der Waals surface area contributed by atoms with Crippen molar-refractivity contribution in [2.24, 2.45) is 0 Å². The highest BCUT2D eigenvalue weighted by Crippen LogP contribution is 2.30. The quantitative estimate of drug-likeness (QED) is 0.205. The van der Waals surface area contributed by atoms with E-state index in [4.69, 9.17) is 21.7 Å². The summed E-state index contributed by atoms with van der Waals surface area (Å²) in [4.78, 5) is 1.68. The van der Waals surface area contributed by atoms with Gasteiger partial charge < -0.3 is 9.47 Å². The lowest BCUT2D eigenvalue weighted by atomic mass is 9.99. The highest BCUT2D eigenvalue weighted by Gasteiger charge is 2.17. The number of nitrogens with zero attached hydrogens (tertiary/aromatic N) is 1. The molecule has 34 heavy (non-hydrogen) atoms. The average molecular weight is 475 g/mol. The highest BCUT2D eigenvalue weighted by atomic mass is 32.1. The Bertz CT molecular complexity index is 1190. The number of hydrogen-bond acceptors (Lipinski definition) is 4. The summed E-state index contributed by atoms with van der Waals surface area (Å²) in [5.74, 6) is 2.33. The van der Waals surface area contributed by atoms with E-state index in [1.54, 1.807) is 4.90 Å². The van der Waals surface area contributed by atoms with Gasteiger partial charge in [0.15, 0.2) is 0 Å². The van der Waals surface area contributed by atoms with E-state index in [9.17, 15) is 5.21 Å². The zero-order valence-corrected chi connectivity index (χ0v) is 20.8. The van der Waals surface area contributed by atoms with Gasteiger partial charge in [-0.2, -0.15) is 0 Å². The van der Waals surface area contributed by atoms with Gasteiger partial charge in [-0.25, -0.2) is 5.48 Å². The molecule has 176 valence electrons. The van der Waals surface area contributed by atoms with Crippen LogP contribution in [0, 0.1) is 13.8 Å². The molecule has 0 bridgehead atoms. The maximum atomic E-state index is 9.57. The first-order valence-corrected chi connectivity index (χ1v) is 11.4. The molecule has 0 radical (unpaired) electrons. The molecule has 0 saturated heterocycles. The van der Waals surface area contributed by atoms with Gasteiger partial charge in [-0.3, -0.25) is 10.1 Å². The summed E-state index contributed by atoms with van der Waals surface area (Å²) in [6.07, 6.45) is 2.06. The molecule has 0 fully saturated rings. The van der Waals surface area contributed by atoms with Crippen LogP contribution >= 0.6 is 12.2 Å². The van der Waals surface area contributed by atoms with Gasteiger partial charge in [0.05, 0.1) is 6.61 Å². The first-order chi connectivity index (χ1) is 16.3. The van der Waals surface area contributed by atoms with Crippen molar-refractivity contribution in [3.8, 4) is 17.2 Å². The van der Waals surface area contributed by atoms with Crippen molar-refractivity contribution in [1.82, 2.24) is 5.48 Å². The Morgan fingerprint density at radius 2 is 1.65 bits per heavy atom. The molecule has 0 amide bonds. The van der Waals surface area contributed by atoms with Gasteiger partial charge in [-0.15, -0.1) is 0 Å². The number of thiocarbonyl (C=S) groups is 1. The average Bonchev–Trinajstić information content (AvgIpc) is 2.85. The van der Waals surface area contributed by atoms with Crippen molar-refractivity contribution < 1.29 is 14.7 Å². The van der Waals surface area contributed by atoms with E-state index in [2.05, 4.69) is 32.0 Å². The van der Waals surface area contributed by atoms with Gasteiger partial charge in [0, 0.05) is 11.4 Å². The zero-order chi connectivity index (χ0) is 24.7. The minimum absolute atomic E-state index is 0.120. The number of nitrogens with one attached hydrogen (secondary N) is 1. The predicted molar refractivity (Wildman–Crippen MR) is 143 cm³/mol. The second-order valence-corrected chi connectivity index (χ2v) is 8.16. The lowest BCUT2D eigenvalue weighted by Crippen LogP contribution is -2.37. The van der Waals surface area contributed by atoms with Crippen LogP contribution in [0.25, 0.3) is 6.08 Å². The van der Waals surface area contributed by atoms with Gasteiger partial charge in [-0.1, -0.05) is 30.8 Å². The molecule has 3 aromatic rings. The van der Waals surface area contributed by atoms with Gasteiger partial charge >= 0.3 is 0 Å². The monoisotopic (exact) mass is 474 g/mol. The lowest BCUT2D eigenvalue weighted by Gasteiger charge is -2.27. The lowest BCUT2D eigenvalue weighted by molar-refractivity contribution is 0.235. The van der Waals surface area contributed by atoms with Crippen molar-refractivity contribution in [1.29, 1.82) is 0 Å². The summed E-state index contributed by atoms with van der Waals surface area (Å²) >= 11 is 5.38. The van der Waals surface area contributed by atoms with Gasteiger partial charge in [0.2, 0.25) is 5.11 Å². The molecular weight excluding hydrogens is 444 g/mol. The van der Waals surface area contributed by atoms with Crippen molar-refractivity contribution in [2.75, 3.05) is 11.5 Å². The molecule has 0 saturated carbocycles. The number of hydrogen-bond donors (Lipinski definition) is 2. The molecule has 5 nitrogen and oxygen atoms in total. The molecule has 2 N–H and O–H groups in total. The number of hydroxylamine groups is 1. The first-order valence-electron chi connectivity index (χ1n) is 11.0. The van der Waals surface area contributed by atoms with Gasteiger partial charge in [0.25, 0.3) is 0 Å². The van der Waals surface area contributed by atoms with Crippen LogP contribution in [0.5, 0.6) is 17.2 Å². The van der Waals surface area contributed by atoms with Crippen LogP contribution in [0.2, 0.25) is 0 Å². The number of allylic oxidation sites excluding steroid dienone is 1. The van der Waals surface area contributed by atoms with Crippen LogP contribution in [-0.4, -0.2) is 16.9 Å². The molecule has 6 heteroatoms. The number of para-hydroxylation sites is 1. The standard InChI is InChI=1S/C28H30N2O3S/c1-6-32-27-17-12-23(20(3)21(27)4)18-19(2)22(5)30(28(34)29-31)24-13-15-26(16-14-24)33-25-10-8-7-9-11-25/h7-18,31H,5-6H2,1-4H3,(H,29,34)/b19-18+. The summed E-state index contributed by atoms with van der Waals surface area (Å²) in [5, 5.41) is 9.69. The van der Waals surface area contributed by atoms with Gasteiger partial charge in [-0.05, 0) is 111 Å². The van der Waals surface area contributed by atoms with Crippen LogP contribution in [0.15, 0.2) is 84.6 Å². The molecule has 0 aliphatic rings. The van der Waals surface area contributed by atoms with Crippen molar-refractivity contribution in [2.45, 2.75) is 27.7 Å². The molecule has 0 aromatic heterocycles. The molecule has 0 aliphatic heterocycles. The Morgan fingerprint density at radius 1 is 1.00 bits per heavy atom. The maximum absolute atomic E-state index is 9.57. The largest absolute Gasteiger partial charge is 0.494 e. The van der Waals surface area contributed by atoms with Crippen LogP contribution in [-0.2, 0) is 0 Å². The third kappa shape index (κ3) is 5.84. The Hall–Kier alpha value is -3.61. The van der Waals surface area contributed by atoms with Crippen LogP contribution in [0.3, 0.4) is 0 Å². The van der Waals surface area contributed by atoms with Crippen molar-refractivity contribution >= 4 is 29.1 Å². The summed E-state index contributed by atoms with van der Waals surface area (Å²) in [6, 6.07) is 21.0. The molecule has 0 aliphatic carbocycles. The van der Waals surface area contributed by atoms with E-state index >= 15 is 0 Å². The topological polar surface area (TPSA) is 54.0 Å². The fourth-order valence-corrected chi connectivity index (χ4v) is 3.73. The van der Waals surface area contributed by atoms with E-state index in [-0.39, 0.29) is 5.11 Å². The van der Waals surface area contributed by atoms with Gasteiger partial charge in [0.1, 0.15) is 17.2 Å². The Kier molecular flexibility index (Phi) is 8.46. The number of ether oxygens (including phenoxy) is 2.